The number of hydrogen-bond acceptors (Lipinski definition) is 6. The van der Waals surface area contributed by atoms with Crippen LogP contribution in [0.5, 0.6) is 0 Å². The first-order valence-corrected chi connectivity index (χ1v) is 10.6. The van der Waals surface area contributed by atoms with E-state index >= 15 is 0 Å². The van der Waals surface area contributed by atoms with Crippen molar-refractivity contribution < 1.29 is 4.74 Å². The van der Waals surface area contributed by atoms with Gasteiger partial charge in [-0.3, -0.25) is 4.90 Å². The molecular formula is C18H25N5OS. The number of rotatable bonds is 3. The molecule has 3 heterocycles. The Morgan fingerprint density at radius 1 is 1.00 bits per heavy atom. The van der Waals surface area contributed by atoms with Gasteiger partial charge in [-0.1, -0.05) is 11.3 Å². The van der Waals surface area contributed by atoms with Gasteiger partial charge in [-0.25, -0.2) is 0 Å². The fourth-order valence-electron chi connectivity index (χ4n) is 6.30. The maximum absolute atomic E-state index is 5.45. The smallest absolute Gasteiger partial charge is 0.234 e. The van der Waals surface area contributed by atoms with Crippen molar-refractivity contribution >= 4 is 16.3 Å². The van der Waals surface area contributed by atoms with Crippen molar-refractivity contribution in [3.8, 4) is 0 Å². The molecule has 5 aliphatic rings. The summed E-state index contributed by atoms with van der Waals surface area (Å²) in [5, 5.41) is 15.3. The lowest BCUT2D eigenvalue weighted by atomic mass is 9.50. The van der Waals surface area contributed by atoms with E-state index in [0.717, 1.165) is 61.4 Å². The predicted octanol–water partition coefficient (Wildman–Crippen LogP) is 2.49. The minimum absolute atomic E-state index is 0.357. The summed E-state index contributed by atoms with van der Waals surface area (Å²) in [5.41, 5.74) is 0.357. The second-order valence-electron chi connectivity index (χ2n) is 8.80. The van der Waals surface area contributed by atoms with Crippen LogP contribution < -0.4 is 0 Å². The minimum Gasteiger partial charge on any atom is -0.379 e. The molecule has 0 N–H and O–H groups in total. The lowest BCUT2D eigenvalue weighted by Crippen LogP contribution is -2.48. The number of nitrogens with zero attached hydrogens (tertiary/aromatic N) is 5. The molecular weight excluding hydrogens is 334 g/mol. The average Bonchev–Trinajstić information content (AvgIpc) is 3.17. The Kier molecular flexibility index (Phi) is 3.29. The van der Waals surface area contributed by atoms with E-state index in [4.69, 9.17) is 9.84 Å². The molecule has 0 unspecified atom stereocenters. The van der Waals surface area contributed by atoms with Crippen molar-refractivity contribution in [2.24, 2.45) is 17.8 Å². The van der Waals surface area contributed by atoms with Gasteiger partial charge < -0.3 is 4.74 Å². The van der Waals surface area contributed by atoms with E-state index in [0.29, 0.717) is 5.41 Å². The summed E-state index contributed by atoms with van der Waals surface area (Å²) in [6, 6.07) is 0. The van der Waals surface area contributed by atoms with E-state index < -0.39 is 0 Å². The zero-order chi connectivity index (χ0) is 16.4. The van der Waals surface area contributed by atoms with Gasteiger partial charge in [0.05, 0.1) is 19.8 Å². The van der Waals surface area contributed by atoms with Gasteiger partial charge >= 0.3 is 0 Å². The number of morpholine rings is 1. The van der Waals surface area contributed by atoms with Gasteiger partial charge in [0.15, 0.2) is 5.82 Å². The van der Waals surface area contributed by atoms with Crippen molar-refractivity contribution in [1.82, 2.24) is 24.7 Å². The number of ether oxygens (including phenoxy) is 1. The van der Waals surface area contributed by atoms with Gasteiger partial charge in [0.25, 0.3) is 0 Å². The van der Waals surface area contributed by atoms with E-state index in [1.165, 1.54) is 43.5 Å². The highest BCUT2D eigenvalue weighted by atomic mass is 32.1. The maximum Gasteiger partial charge on any atom is 0.234 e. The predicted molar refractivity (Wildman–Crippen MR) is 94.6 cm³/mol. The van der Waals surface area contributed by atoms with Gasteiger partial charge in [0.2, 0.25) is 4.96 Å². The third-order valence-electron chi connectivity index (χ3n) is 7.02. The fourth-order valence-corrected chi connectivity index (χ4v) is 7.38. The van der Waals surface area contributed by atoms with Crippen molar-refractivity contribution in [3.63, 3.8) is 0 Å². The van der Waals surface area contributed by atoms with Gasteiger partial charge in [-0.2, -0.15) is 9.61 Å². The Morgan fingerprint density at radius 3 is 2.36 bits per heavy atom. The fraction of sp³-hybridized carbons (Fsp3) is 0.833. The maximum atomic E-state index is 5.45. The van der Waals surface area contributed by atoms with Gasteiger partial charge in [-0.15, -0.1) is 10.2 Å². The minimum atomic E-state index is 0.357. The van der Waals surface area contributed by atoms with Crippen molar-refractivity contribution in [2.45, 2.75) is 50.5 Å². The van der Waals surface area contributed by atoms with Crippen molar-refractivity contribution in [1.29, 1.82) is 0 Å². The molecule has 0 spiro atoms. The van der Waals surface area contributed by atoms with Crippen molar-refractivity contribution in [3.05, 3.63) is 10.8 Å². The Labute approximate surface area is 151 Å². The van der Waals surface area contributed by atoms with Crippen LogP contribution in [0, 0.1) is 17.8 Å². The number of fused-ring (bicyclic) bond motifs is 1. The third kappa shape index (κ3) is 2.39. The van der Waals surface area contributed by atoms with Crippen LogP contribution in [0.15, 0.2) is 0 Å². The molecule has 25 heavy (non-hydrogen) atoms. The highest BCUT2D eigenvalue weighted by Gasteiger charge is 2.53. The molecule has 0 atom stereocenters. The zero-order valence-corrected chi connectivity index (χ0v) is 15.4. The quantitative estimate of drug-likeness (QED) is 0.843. The SMILES string of the molecule is C1CN(Cc2nnc3sc(C45CC6CC(CC(C6)C4)C5)nn23)CCO1. The molecule has 2 aromatic heterocycles. The monoisotopic (exact) mass is 359 g/mol. The largest absolute Gasteiger partial charge is 0.379 e. The second-order valence-corrected chi connectivity index (χ2v) is 9.76. The summed E-state index contributed by atoms with van der Waals surface area (Å²) in [7, 11) is 0. The summed E-state index contributed by atoms with van der Waals surface area (Å²) in [4.78, 5) is 3.37. The first kappa shape index (κ1) is 15.1. The van der Waals surface area contributed by atoms with Gasteiger partial charge in [-0.05, 0) is 56.3 Å². The number of aromatic nitrogens is 4. The summed E-state index contributed by atoms with van der Waals surface area (Å²) in [5.74, 6) is 3.85. The zero-order valence-electron chi connectivity index (χ0n) is 14.6. The van der Waals surface area contributed by atoms with Crippen LogP contribution >= 0.6 is 11.3 Å². The van der Waals surface area contributed by atoms with Crippen LogP contribution in [0.3, 0.4) is 0 Å². The van der Waals surface area contributed by atoms with Crippen molar-refractivity contribution in [2.75, 3.05) is 26.3 Å². The van der Waals surface area contributed by atoms with Crippen LogP contribution in [0.1, 0.15) is 49.4 Å². The standard InChI is InChI=1S/C18H25N5OS/c1-3-24-4-2-22(1)11-15-19-20-17-23(15)21-16(25-17)18-8-12-5-13(9-18)7-14(6-12)10-18/h12-14H,1-11H2. The molecule has 4 saturated carbocycles. The molecule has 6 nitrogen and oxygen atoms in total. The number of hydrogen-bond donors (Lipinski definition) is 0. The molecule has 134 valence electrons. The summed E-state index contributed by atoms with van der Waals surface area (Å²) in [6.45, 7) is 4.41. The molecule has 0 radical (unpaired) electrons. The molecule has 7 rings (SSSR count). The first-order chi connectivity index (χ1) is 12.3. The Morgan fingerprint density at radius 2 is 1.68 bits per heavy atom. The molecule has 1 saturated heterocycles. The molecule has 0 amide bonds. The van der Waals surface area contributed by atoms with E-state index in [2.05, 4.69) is 15.1 Å². The topological polar surface area (TPSA) is 55.6 Å². The molecule has 4 bridgehead atoms. The molecule has 5 fully saturated rings. The van der Waals surface area contributed by atoms with Crippen LogP contribution in [0.4, 0.5) is 0 Å². The lowest BCUT2D eigenvalue weighted by molar-refractivity contribution is -0.00570. The molecule has 0 aromatic carbocycles. The molecule has 4 aliphatic carbocycles. The van der Waals surface area contributed by atoms with E-state index in [-0.39, 0.29) is 0 Å². The van der Waals surface area contributed by atoms with Gasteiger partial charge in [0, 0.05) is 18.5 Å². The van der Waals surface area contributed by atoms with Crippen LogP contribution in [-0.2, 0) is 16.7 Å². The van der Waals surface area contributed by atoms with Gasteiger partial charge in [0.1, 0.15) is 5.01 Å². The van der Waals surface area contributed by atoms with Crippen LogP contribution in [-0.4, -0.2) is 51.0 Å². The Hall–Kier alpha value is -1.05. The van der Waals surface area contributed by atoms with Crippen LogP contribution in [0.2, 0.25) is 0 Å². The summed E-state index contributed by atoms with van der Waals surface area (Å²) in [6.07, 6.45) is 8.52. The van der Waals surface area contributed by atoms with E-state index in [9.17, 15) is 0 Å². The molecule has 2 aromatic rings. The third-order valence-corrected chi connectivity index (χ3v) is 8.16. The lowest BCUT2D eigenvalue weighted by Gasteiger charge is -2.55. The Bertz CT molecular complexity index is 757. The summed E-state index contributed by atoms with van der Waals surface area (Å²) < 4.78 is 7.49. The average molecular weight is 359 g/mol. The Balaban J connectivity index is 1.32. The van der Waals surface area contributed by atoms with E-state index in [1.807, 2.05) is 4.52 Å². The molecule has 7 heteroatoms. The summed E-state index contributed by atoms with van der Waals surface area (Å²) >= 11 is 1.80. The molecule has 1 aliphatic heterocycles. The highest BCUT2D eigenvalue weighted by Crippen LogP contribution is 2.61. The highest BCUT2D eigenvalue weighted by molar-refractivity contribution is 7.16. The first-order valence-electron chi connectivity index (χ1n) is 9.79. The second kappa shape index (κ2) is 5.47. The normalized spacial score (nSPS) is 38.0. The van der Waals surface area contributed by atoms with E-state index in [1.54, 1.807) is 11.3 Å². The van der Waals surface area contributed by atoms with Crippen LogP contribution in [0.25, 0.3) is 4.96 Å².